The molecule has 0 aromatic heterocycles. The first kappa shape index (κ1) is 7.61. The molecular weight excluding hydrogens is 126 g/mol. The zero-order chi connectivity index (χ0) is 6.57. The number of hydrogen-bond donors (Lipinski definition) is 3. The summed E-state index contributed by atoms with van der Waals surface area (Å²) < 4.78 is 0. The summed E-state index contributed by atoms with van der Waals surface area (Å²) in [5, 5.41) is 2.74. The molecule has 0 saturated heterocycles. The van der Waals surface area contributed by atoms with E-state index in [1.165, 1.54) is 0 Å². The van der Waals surface area contributed by atoms with E-state index in [9.17, 15) is 0 Å². The van der Waals surface area contributed by atoms with Crippen molar-refractivity contribution in [2.75, 3.05) is 0 Å². The van der Waals surface area contributed by atoms with Gasteiger partial charge in [-0.25, -0.2) is 5.90 Å². The number of hydrogen-bond acceptors (Lipinski definition) is 3. The van der Waals surface area contributed by atoms with Crippen LogP contribution >= 0.6 is 12.2 Å². The molecule has 4 nitrogen and oxygen atoms in total. The summed E-state index contributed by atoms with van der Waals surface area (Å²) in [6.45, 7) is 1.69. The number of nitrogens with one attached hydrogen (secondary N) is 1. The Kier molecular flexibility index (Phi) is 3.42. The number of rotatable bonds is 2. The van der Waals surface area contributed by atoms with Gasteiger partial charge in [0.15, 0.2) is 5.11 Å². The minimum Gasteiger partial charge on any atom is -0.376 e. The first-order chi connectivity index (χ1) is 3.66. The number of thiocarbonyl (C=S) groups is 1. The quantitative estimate of drug-likeness (QED) is 0.259. The molecule has 0 aromatic rings. The average molecular weight is 135 g/mol. The van der Waals surface area contributed by atoms with Gasteiger partial charge in [-0.2, -0.15) is 0 Å². The first-order valence-corrected chi connectivity index (χ1v) is 2.49. The minimum atomic E-state index is -0.313. The first-order valence-electron chi connectivity index (χ1n) is 2.08. The van der Waals surface area contributed by atoms with Crippen LogP contribution in [0.2, 0.25) is 0 Å². The topological polar surface area (TPSA) is 73.3 Å². The SMILES string of the molecule is CC(NC(N)=S)ON. The van der Waals surface area contributed by atoms with Crippen molar-refractivity contribution in [1.29, 1.82) is 0 Å². The Morgan fingerprint density at radius 1 is 1.88 bits per heavy atom. The summed E-state index contributed by atoms with van der Waals surface area (Å²) in [6.07, 6.45) is -0.313. The van der Waals surface area contributed by atoms with E-state index in [-0.39, 0.29) is 11.3 Å². The number of nitrogens with two attached hydrogens (primary N) is 2. The Morgan fingerprint density at radius 3 is 2.50 bits per heavy atom. The summed E-state index contributed by atoms with van der Waals surface area (Å²) in [5.74, 6) is 4.74. The van der Waals surface area contributed by atoms with Crippen molar-refractivity contribution < 1.29 is 4.84 Å². The highest BCUT2D eigenvalue weighted by Gasteiger charge is 1.95. The monoisotopic (exact) mass is 135 g/mol. The largest absolute Gasteiger partial charge is 0.376 e. The van der Waals surface area contributed by atoms with Gasteiger partial charge in [0.2, 0.25) is 0 Å². The van der Waals surface area contributed by atoms with Crippen LogP contribution in [0.3, 0.4) is 0 Å². The van der Waals surface area contributed by atoms with Crippen LogP contribution in [-0.4, -0.2) is 11.3 Å². The lowest BCUT2D eigenvalue weighted by Gasteiger charge is -2.08. The van der Waals surface area contributed by atoms with Crippen molar-refractivity contribution in [2.24, 2.45) is 11.6 Å². The molecule has 0 fully saturated rings. The second kappa shape index (κ2) is 3.59. The predicted molar refractivity (Wildman–Crippen MR) is 34.7 cm³/mol. The molecule has 0 spiro atoms. The maximum atomic E-state index is 5.05. The Bertz CT molecular complexity index is 86.6. The van der Waals surface area contributed by atoms with Crippen LogP contribution in [0.25, 0.3) is 0 Å². The summed E-state index contributed by atoms with van der Waals surface area (Å²) in [7, 11) is 0. The predicted octanol–water partition coefficient (Wildman–Crippen LogP) is -0.944. The van der Waals surface area contributed by atoms with Crippen LogP contribution in [0.1, 0.15) is 6.92 Å². The molecule has 1 unspecified atom stereocenters. The fourth-order valence-corrected chi connectivity index (χ4v) is 0.400. The van der Waals surface area contributed by atoms with Gasteiger partial charge in [-0.3, -0.25) is 4.84 Å². The van der Waals surface area contributed by atoms with Crippen LogP contribution < -0.4 is 16.9 Å². The molecule has 1 atom stereocenters. The Labute approximate surface area is 53.1 Å². The van der Waals surface area contributed by atoms with E-state index in [1.54, 1.807) is 6.92 Å². The molecule has 0 saturated carbocycles. The van der Waals surface area contributed by atoms with Crippen molar-refractivity contribution in [3.05, 3.63) is 0 Å². The van der Waals surface area contributed by atoms with Crippen LogP contribution in [0.4, 0.5) is 0 Å². The van der Waals surface area contributed by atoms with E-state index in [0.717, 1.165) is 0 Å². The van der Waals surface area contributed by atoms with Crippen LogP contribution in [0.15, 0.2) is 0 Å². The molecule has 0 radical (unpaired) electrons. The third-order valence-corrected chi connectivity index (χ3v) is 0.667. The van der Waals surface area contributed by atoms with Gasteiger partial charge in [-0.1, -0.05) is 0 Å². The van der Waals surface area contributed by atoms with Gasteiger partial charge in [-0.15, -0.1) is 0 Å². The molecule has 5 N–H and O–H groups in total. The lowest BCUT2D eigenvalue weighted by Crippen LogP contribution is -2.39. The summed E-state index contributed by atoms with van der Waals surface area (Å²) in [6, 6.07) is 0. The normalized spacial score (nSPS) is 12.8. The maximum Gasteiger partial charge on any atom is 0.165 e. The van der Waals surface area contributed by atoms with Crippen LogP contribution in [-0.2, 0) is 4.84 Å². The van der Waals surface area contributed by atoms with E-state index in [4.69, 9.17) is 11.6 Å². The second-order valence-electron chi connectivity index (χ2n) is 1.29. The lowest BCUT2D eigenvalue weighted by molar-refractivity contribution is 0.0569. The van der Waals surface area contributed by atoms with Crippen molar-refractivity contribution in [3.63, 3.8) is 0 Å². The van der Waals surface area contributed by atoms with Gasteiger partial charge in [0.1, 0.15) is 6.23 Å². The molecule has 0 rings (SSSR count). The van der Waals surface area contributed by atoms with E-state index in [0.29, 0.717) is 0 Å². The highest BCUT2D eigenvalue weighted by atomic mass is 32.1. The maximum absolute atomic E-state index is 5.05. The molecule has 8 heavy (non-hydrogen) atoms. The highest BCUT2D eigenvalue weighted by Crippen LogP contribution is 1.74. The zero-order valence-corrected chi connectivity index (χ0v) is 5.37. The molecule has 5 heteroatoms. The minimum absolute atomic E-state index is 0.183. The smallest absolute Gasteiger partial charge is 0.165 e. The van der Waals surface area contributed by atoms with E-state index >= 15 is 0 Å². The Balaban J connectivity index is 3.24. The fraction of sp³-hybridized carbons (Fsp3) is 0.667. The standard InChI is InChI=1S/C3H9N3OS/c1-2(7-5)6-3(4)8/h2H,5H2,1H3,(H3,4,6,8). The molecule has 0 heterocycles. The second-order valence-corrected chi connectivity index (χ2v) is 1.73. The molecule has 0 aliphatic heterocycles. The van der Waals surface area contributed by atoms with Crippen molar-refractivity contribution in [2.45, 2.75) is 13.2 Å². The molecule has 0 bridgehead atoms. The van der Waals surface area contributed by atoms with Gasteiger partial charge in [0, 0.05) is 0 Å². The van der Waals surface area contributed by atoms with Gasteiger partial charge >= 0.3 is 0 Å². The van der Waals surface area contributed by atoms with Gasteiger partial charge in [0.25, 0.3) is 0 Å². The molecular formula is C3H9N3OS. The molecule has 0 aromatic carbocycles. The van der Waals surface area contributed by atoms with Gasteiger partial charge in [0.05, 0.1) is 0 Å². The van der Waals surface area contributed by atoms with E-state index < -0.39 is 0 Å². The zero-order valence-electron chi connectivity index (χ0n) is 4.55. The van der Waals surface area contributed by atoms with Gasteiger partial charge in [-0.05, 0) is 19.1 Å². The van der Waals surface area contributed by atoms with Crippen molar-refractivity contribution in [1.82, 2.24) is 5.32 Å². The van der Waals surface area contributed by atoms with Crippen molar-refractivity contribution in [3.8, 4) is 0 Å². The molecule has 48 valence electrons. The van der Waals surface area contributed by atoms with Crippen LogP contribution in [0, 0.1) is 0 Å². The molecule has 0 aliphatic rings. The van der Waals surface area contributed by atoms with E-state index in [2.05, 4.69) is 22.4 Å². The average Bonchev–Trinajstić information content (AvgIpc) is 1.65. The summed E-state index contributed by atoms with van der Waals surface area (Å²) >= 11 is 4.47. The Morgan fingerprint density at radius 2 is 2.38 bits per heavy atom. The van der Waals surface area contributed by atoms with Crippen LogP contribution in [0.5, 0.6) is 0 Å². The summed E-state index contributed by atoms with van der Waals surface area (Å²) in [5.41, 5.74) is 5.05. The highest BCUT2D eigenvalue weighted by molar-refractivity contribution is 7.80. The van der Waals surface area contributed by atoms with Gasteiger partial charge < -0.3 is 11.1 Å². The van der Waals surface area contributed by atoms with Crippen molar-refractivity contribution >= 4 is 17.3 Å². The molecule has 0 aliphatic carbocycles. The third-order valence-electron chi connectivity index (χ3n) is 0.550. The summed E-state index contributed by atoms with van der Waals surface area (Å²) in [4.78, 5) is 4.28. The lowest BCUT2D eigenvalue weighted by atomic mass is 10.7. The molecule has 0 amide bonds. The van der Waals surface area contributed by atoms with E-state index in [1.807, 2.05) is 0 Å². The Hall–Kier alpha value is -0.390. The third kappa shape index (κ3) is 3.79. The fourth-order valence-electron chi connectivity index (χ4n) is 0.234.